The van der Waals surface area contributed by atoms with Gasteiger partial charge in [0, 0.05) is 17.5 Å². The van der Waals surface area contributed by atoms with Gasteiger partial charge in [0.1, 0.15) is 5.82 Å². The van der Waals surface area contributed by atoms with Gasteiger partial charge in [-0.05, 0) is 60.9 Å². The lowest BCUT2D eigenvalue weighted by Gasteiger charge is -2.13. The highest BCUT2D eigenvalue weighted by atomic mass is 15.0. The Morgan fingerprint density at radius 2 is 1.47 bits per heavy atom. The zero-order chi connectivity index (χ0) is 22.9. The third-order valence-corrected chi connectivity index (χ3v) is 6.65. The Balaban J connectivity index is 1.34. The highest BCUT2D eigenvalue weighted by molar-refractivity contribution is 6.07. The molecule has 0 fully saturated rings. The Hall–Kier alpha value is -3.92. The first-order valence-corrected chi connectivity index (χ1v) is 12.0. The van der Waals surface area contributed by atoms with Crippen LogP contribution in [0.2, 0.25) is 0 Å². The molecule has 1 aliphatic carbocycles. The van der Waals surface area contributed by atoms with Crippen LogP contribution in [0.4, 0.5) is 5.69 Å². The predicted molar refractivity (Wildman–Crippen MR) is 138 cm³/mol. The van der Waals surface area contributed by atoms with Crippen molar-refractivity contribution < 1.29 is 0 Å². The van der Waals surface area contributed by atoms with E-state index in [1.165, 1.54) is 42.4 Å². The summed E-state index contributed by atoms with van der Waals surface area (Å²) in [5.41, 5.74) is 9.23. The molecular formula is C30H26N4. The van der Waals surface area contributed by atoms with E-state index in [1.54, 1.807) is 0 Å². The monoisotopic (exact) mass is 442 g/mol. The Kier molecular flexibility index (Phi) is 5.34. The molecule has 4 nitrogen and oxygen atoms in total. The number of nitrogens with zero attached hydrogens (tertiary/aromatic N) is 4. The van der Waals surface area contributed by atoms with E-state index in [2.05, 4.69) is 71.7 Å². The highest BCUT2D eigenvalue weighted by Gasteiger charge is 2.21. The molecule has 0 spiro atoms. The van der Waals surface area contributed by atoms with Crippen LogP contribution in [0.15, 0.2) is 83.9 Å². The molecule has 34 heavy (non-hydrogen) atoms. The van der Waals surface area contributed by atoms with Crippen molar-refractivity contribution in [2.45, 2.75) is 39.0 Å². The maximum absolute atomic E-state index is 4.91. The van der Waals surface area contributed by atoms with E-state index in [1.807, 2.05) is 19.1 Å². The predicted octanol–water partition coefficient (Wildman–Crippen LogP) is 7.15. The van der Waals surface area contributed by atoms with E-state index >= 15 is 0 Å². The minimum Gasteiger partial charge on any atom is -0.252 e. The van der Waals surface area contributed by atoms with Crippen LogP contribution in [0.5, 0.6) is 0 Å². The standard InChI is InChI=1S/C30H26N4/c1-20-31-29(24-17-15-22(16-18-24)21-9-4-2-5-10-21)34-30(32-20)25-13-8-14-27-26(25)19-28(33-27)23-11-6-3-7-12-23/h3,6-9,11-18H,2,4-5,10,19H2,1H3. The van der Waals surface area contributed by atoms with Crippen molar-refractivity contribution in [2.24, 2.45) is 4.99 Å². The van der Waals surface area contributed by atoms with E-state index in [0.29, 0.717) is 11.6 Å². The molecular weight excluding hydrogens is 416 g/mol. The minimum atomic E-state index is 0.711. The van der Waals surface area contributed by atoms with Crippen LogP contribution in [0.3, 0.4) is 0 Å². The third-order valence-electron chi connectivity index (χ3n) is 6.65. The first-order valence-electron chi connectivity index (χ1n) is 12.0. The summed E-state index contributed by atoms with van der Waals surface area (Å²) in [4.78, 5) is 19.2. The van der Waals surface area contributed by atoms with Gasteiger partial charge < -0.3 is 0 Å². The van der Waals surface area contributed by atoms with Crippen LogP contribution in [0.25, 0.3) is 28.3 Å². The van der Waals surface area contributed by atoms with Crippen molar-refractivity contribution >= 4 is 17.0 Å². The van der Waals surface area contributed by atoms with Gasteiger partial charge in [-0.3, -0.25) is 4.99 Å². The fourth-order valence-electron chi connectivity index (χ4n) is 4.89. The lowest BCUT2D eigenvalue weighted by molar-refractivity contribution is 0.742. The van der Waals surface area contributed by atoms with Gasteiger partial charge in [-0.1, -0.05) is 72.8 Å². The molecule has 6 rings (SSSR count). The van der Waals surface area contributed by atoms with E-state index in [4.69, 9.17) is 15.0 Å². The summed E-state index contributed by atoms with van der Waals surface area (Å²) in [5.74, 6) is 2.15. The molecule has 3 aromatic carbocycles. The molecule has 4 heteroatoms. The second kappa shape index (κ2) is 8.79. The summed E-state index contributed by atoms with van der Waals surface area (Å²) in [7, 11) is 0. The van der Waals surface area contributed by atoms with Crippen LogP contribution in [-0.2, 0) is 6.42 Å². The van der Waals surface area contributed by atoms with Crippen LogP contribution >= 0.6 is 0 Å². The largest absolute Gasteiger partial charge is 0.252 e. The number of allylic oxidation sites excluding steroid dienone is 2. The first-order chi connectivity index (χ1) is 16.7. The quantitative estimate of drug-likeness (QED) is 0.337. The van der Waals surface area contributed by atoms with Crippen LogP contribution in [0, 0.1) is 6.92 Å². The SMILES string of the molecule is Cc1nc(-c2ccc(C3=CCCCC3)cc2)nc(-c2cccc3c2CC(c2ccccc2)=N3)n1. The zero-order valence-corrected chi connectivity index (χ0v) is 19.3. The van der Waals surface area contributed by atoms with Crippen molar-refractivity contribution in [3.05, 3.63) is 101 Å². The molecule has 0 amide bonds. The molecule has 1 aliphatic heterocycles. The number of aryl methyl sites for hydroxylation is 1. The van der Waals surface area contributed by atoms with E-state index in [0.717, 1.165) is 40.3 Å². The third kappa shape index (κ3) is 3.96. The minimum absolute atomic E-state index is 0.711. The molecule has 2 heterocycles. The summed E-state index contributed by atoms with van der Waals surface area (Å²) >= 11 is 0. The lowest BCUT2D eigenvalue weighted by atomic mass is 9.93. The number of hydrogen-bond donors (Lipinski definition) is 0. The van der Waals surface area contributed by atoms with Crippen LogP contribution in [-0.4, -0.2) is 20.7 Å². The van der Waals surface area contributed by atoms with Gasteiger partial charge in [0.05, 0.1) is 11.4 Å². The summed E-state index contributed by atoms with van der Waals surface area (Å²) in [6.07, 6.45) is 8.09. The van der Waals surface area contributed by atoms with Gasteiger partial charge in [-0.25, -0.2) is 15.0 Å². The number of aromatic nitrogens is 3. The van der Waals surface area contributed by atoms with Crippen molar-refractivity contribution in [3.63, 3.8) is 0 Å². The number of hydrogen-bond acceptors (Lipinski definition) is 4. The van der Waals surface area contributed by atoms with Crippen LogP contribution in [0.1, 0.15) is 48.2 Å². The number of aliphatic imine (C=N–C) groups is 1. The topological polar surface area (TPSA) is 51.0 Å². The summed E-state index contributed by atoms with van der Waals surface area (Å²) in [6, 6.07) is 25.2. The second-order valence-electron chi connectivity index (χ2n) is 8.99. The molecule has 0 N–H and O–H groups in total. The summed E-state index contributed by atoms with van der Waals surface area (Å²) in [5, 5.41) is 0. The van der Waals surface area contributed by atoms with Crippen molar-refractivity contribution in [1.82, 2.24) is 15.0 Å². The average molecular weight is 443 g/mol. The maximum atomic E-state index is 4.91. The highest BCUT2D eigenvalue weighted by Crippen LogP contribution is 2.36. The molecule has 0 saturated heterocycles. The second-order valence-corrected chi connectivity index (χ2v) is 8.99. The Labute approximate surface area is 200 Å². The summed E-state index contributed by atoms with van der Waals surface area (Å²) < 4.78 is 0. The molecule has 0 atom stereocenters. The van der Waals surface area contributed by atoms with Gasteiger partial charge in [0.15, 0.2) is 11.6 Å². The number of fused-ring (bicyclic) bond motifs is 1. The van der Waals surface area contributed by atoms with Gasteiger partial charge in [-0.15, -0.1) is 0 Å². The fourth-order valence-corrected chi connectivity index (χ4v) is 4.89. The van der Waals surface area contributed by atoms with E-state index < -0.39 is 0 Å². The Bertz CT molecular complexity index is 1420. The molecule has 0 unspecified atom stereocenters. The zero-order valence-electron chi connectivity index (χ0n) is 19.3. The number of benzene rings is 3. The molecule has 0 radical (unpaired) electrons. The average Bonchev–Trinajstić information content (AvgIpc) is 3.34. The fraction of sp³-hybridized carbons (Fsp3) is 0.200. The maximum Gasteiger partial charge on any atom is 0.164 e. The van der Waals surface area contributed by atoms with Crippen LogP contribution < -0.4 is 0 Å². The molecule has 0 saturated carbocycles. The normalized spacial score (nSPS) is 15.0. The lowest BCUT2D eigenvalue weighted by Crippen LogP contribution is -2.03. The first kappa shape index (κ1) is 20.7. The molecule has 1 aromatic heterocycles. The Morgan fingerprint density at radius 1 is 0.676 bits per heavy atom. The van der Waals surface area contributed by atoms with E-state index in [-0.39, 0.29) is 0 Å². The Morgan fingerprint density at radius 3 is 2.26 bits per heavy atom. The van der Waals surface area contributed by atoms with Crippen molar-refractivity contribution in [2.75, 3.05) is 0 Å². The number of rotatable bonds is 4. The van der Waals surface area contributed by atoms with Crippen molar-refractivity contribution in [3.8, 4) is 22.8 Å². The summed E-state index contributed by atoms with van der Waals surface area (Å²) in [6.45, 7) is 1.94. The molecule has 0 bridgehead atoms. The van der Waals surface area contributed by atoms with E-state index in [9.17, 15) is 0 Å². The van der Waals surface area contributed by atoms with Gasteiger partial charge in [0.2, 0.25) is 0 Å². The van der Waals surface area contributed by atoms with Gasteiger partial charge in [-0.2, -0.15) is 0 Å². The molecule has 4 aromatic rings. The van der Waals surface area contributed by atoms with Crippen molar-refractivity contribution in [1.29, 1.82) is 0 Å². The molecule has 2 aliphatic rings. The van der Waals surface area contributed by atoms with Gasteiger partial charge in [0.25, 0.3) is 0 Å². The van der Waals surface area contributed by atoms with Gasteiger partial charge >= 0.3 is 0 Å². The smallest absolute Gasteiger partial charge is 0.164 e. The molecule has 166 valence electrons.